The number of benzene rings is 2. The summed E-state index contributed by atoms with van der Waals surface area (Å²) in [6, 6.07) is 8.96. The Bertz CT molecular complexity index is 1200. The fourth-order valence-corrected chi connectivity index (χ4v) is 3.90. The van der Waals surface area contributed by atoms with E-state index in [1.165, 1.54) is 21.3 Å². The molecule has 2 N–H and O–H groups in total. The van der Waals surface area contributed by atoms with Gasteiger partial charge in [-0.25, -0.2) is 4.68 Å². The Morgan fingerprint density at radius 1 is 1.09 bits per heavy atom. The predicted molar refractivity (Wildman–Crippen MR) is 119 cm³/mol. The van der Waals surface area contributed by atoms with Crippen molar-refractivity contribution in [1.82, 2.24) is 9.78 Å². The molecule has 34 heavy (non-hydrogen) atoms. The smallest absolute Gasteiger partial charge is 0.410 e. The van der Waals surface area contributed by atoms with Crippen LogP contribution in [0.3, 0.4) is 0 Å². The van der Waals surface area contributed by atoms with Gasteiger partial charge in [-0.1, -0.05) is 12.1 Å². The van der Waals surface area contributed by atoms with Crippen molar-refractivity contribution in [3.63, 3.8) is 0 Å². The summed E-state index contributed by atoms with van der Waals surface area (Å²) >= 11 is 0. The van der Waals surface area contributed by atoms with Gasteiger partial charge in [-0.05, 0) is 29.8 Å². The van der Waals surface area contributed by atoms with Gasteiger partial charge in [-0.15, -0.1) is 0 Å². The summed E-state index contributed by atoms with van der Waals surface area (Å²) in [4.78, 5) is 13.1. The van der Waals surface area contributed by atoms with Crippen LogP contribution in [0.2, 0.25) is 0 Å². The Hall–Kier alpha value is -3.89. The molecule has 1 aromatic heterocycles. The van der Waals surface area contributed by atoms with E-state index < -0.39 is 24.2 Å². The van der Waals surface area contributed by atoms with Gasteiger partial charge >= 0.3 is 6.18 Å². The standard InChI is InChI=1S/C23H23F3N4O4/c1-32-14-6-4-5-13(9-14)18-11-20(23(24,25)26)30-21(28-18)16(12-27-30)22(31)29-17-8-7-15(33-2)10-19(17)34-3/h4-10,12,18,20,28H,11H2,1-3H3,(H,29,31). The van der Waals surface area contributed by atoms with Gasteiger partial charge < -0.3 is 24.8 Å². The van der Waals surface area contributed by atoms with E-state index in [1.807, 2.05) is 0 Å². The molecule has 2 heterocycles. The highest BCUT2D eigenvalue weighted by Gasteiger charge is 2.47. The molecule has 11 heteroatoms. The number of carbonyl (C=O) groups is 1. The third kappa shape index (κ3) is 4.45. The van der Waals surface area contributed by atoms with Crippen LogP contribution in [0, 0.1) is 0 Å². The number of hydrogen-bond donors (Lipinski definition) is 2. The lowest BCUT2D eigenvalue weighted by Gasteiger charge is -2.34. The molecular formula is C23H23F3N4O4. The summed E-state index contributed by atoms with van der Waals surface area (Å²) in [7, 11) is 4.41. The minimum absolute atomic E-state index is 0.0219. The van der Waals surface area contributed by atoms with Crippen LogP contribution < -0.4 is 24.8 Å². The molecule has 4 rings (SSSR count). The number of methoxy groups -OCH3 is 3. The zero-order valence-electron chi connectivity index (χ0n) is 18.6. The van der Waals surface area contributed by atoms with Crippen molar-refractivity contribution in [1.29, 1.82) is 0 Å². The quantitative estimate of drug-likeness (QED) is 0.531. The van der Waals surface area contributed by atoms with E-state index in [0.29, 0.717) is 28.5 Å². The van der Waals surface area contributed by atoms with Crippen LogP contribution in [0.5, 0.6) is 17.2 Å². The maximum absolute atomic E-state index is 13.9. The molecule has 2 unspecified atom stereocenters. The number of rotatable bonds is 6. The number of nitrogens with one attached hydrogen (secondary N) is 2. The molecule has 8 nitrogen and oxygen atoms in total. The number of amides is 1. The van der Waals surface area contributed by atoms with Crippen molar-refractivity contribution < 1.29 is 32.2 Å². The molecule has 0 spiro atoms. The summed E-state index contributed by atoms with van der Waals surface area (Å²) in [5.74, 6) is 0.722. The highest BCUT2D eigenvalue weighted by Crippen LogP contribution is 2.44. The lowest BCUT2D eigenvalue weighted by atomic mass is 9.96. The Balaban J connectivity index is 1.69. The zero-order chi connectivity index (χ0) is 24.5. The number of fused-ring (bicyclic) bond motifs is 1. The molecule has 1 aliphatic heterocycles. The number of nitrogens with zero attached hydrogens (tertiary/aromatic N) is 2. The van der Waals surface area contributed by atoms with Gasteiger partial charge in [0.1, 0.15) is 28.6 Å². The number of anilines is 2. The molecule has 0 saturated carbocycles. The van der Waals surface area contributed by atoms with E-state index in [-0.39, 0.29) is 17.8 Å². The van der Waals surface area contributed by atoms with E-state index >= 15 is 0 Å². The van der Waals surface area contributed by atoms with E-state index in [1.54, 1.807) is 42.5 Å². The Morgan fingerprint density at radius 2 is 1.82 bits per heavy atom. The number of halogens is 3. The molecule has 0 bridgehead atoms. The van der Waals surface area contributed by atoms with Crippen molar-refractivity contribution in [2.45, 2.75) is 24.7 Å². The molecular weight excluding hydrogens is 453 g/mol. The number of aromatic nitrogens is 2. The molecule has 0 aliphatic carbocycles. The van der Waals surface area contributed by atoms with Crippen LogP contribution in [-0.4, -0.2) is 43.2 Å². The second-order valence-corrected chi connectivity index (χ2v) is 7.64. The van der Waals surface area contributed by atoms with Gasteiger partial charge in [0.2, 0.25) is 0 Å². The summed E-state index contributed by atoms with van der Waals surface area (Å²) in [5.41, 5.74) is 0.907. The maximum Gasteiger partial charge on any atom is 0.410 e. The van der Waals surface area contributed by atoms with Crippen molar-refractivity contribution in [3.8, 4) is 17.2 Å². The van der Waals surface area contributed by atoms with Crippen molar-refractivity contribution >= 4 is 17.4 Å². The maximum atomic E-state index is 13.9. The van der Waals surface area contributed by atoms with Gasteiger partial charge in [0.15, 0.2) is 6.04 Å². The number of ether oxygens (including phenoxy) is 3. The minimum Gasteiger partial charge on any atom is -0.497 e. The lowest BCUT2D eigenvalue weighted by molar-refractivity contribution is -0.173. The SMILES string of the molecule is COc1cccc(C2CC(C(F)(F)F)n3ncc(C(=O)Nc4ccc(OC)cc4OC)c3N2)c1. The number of hydrogen-bond acceptors (Lipinski definition) is 6. The van der Waals surface area contributed by atoms with Crippen LogP contribution in [0.1, 0.15) is 34.4 Å². The highest BCUT2D eigenvalue weighted by atomic mass is 19.4. The molecule has 1 aliphatic rings. The van der Waals surface area contributed by atoms with Crippen LogP contribution in [-0.2, 0) is 0 Å². The van der Waals surface area contributed by atoms with E-state index in [0.717, 1.165) is 10.9 Å². The van der Waals surface area contributed by atoms with Crippen LogP contribution >= 0.6 is 0 Å². The fourth-order valence-electron chi connectivity index (χ4n) is 3.90. The highest BCUT2D eigenvalue weighted by molar-refractivity contribution is 6.08. The molecule has 1 amide bonds. The summed E-state index contributed by atoms with van der Waals surface area (Å²) in [6.45, 7) is 0. The van der Waals surface area contributed by atoms with Gasteiger partial charge in [-0.3, -0.25) is 4.79 Å². The lowest BCUT2D eigenvalue weighted by Crippen LogP contribution is -2.36. The average molecular weight is 476 g/mol. The third-order valence-corrected chi connectivity index (χ3v) is 5.64. The normalized spacial score (nSPS) is 17.4. The van der Waals surface area contributed by atoms with Gasteiger partial charge in [0, 0.05) is 12.5 Å². The molecule has 0 saturated heterocycles. The molecule has 2 aromatic carbocycles. The monoisotopic (exact) mass is 476 g/mol. The first kappa shape index (κ1) is 23.3. The molecule has 0 fully saturated rings. The first-order chi connectivity index (χ1) is 16.2. The summed E-state index contributed by atoms with van der Waals surface area (Å²) in [5, 5.41) is 9.64. The van der Waals surface area contributed by atoms with Crippen LogP contribution in [0.15, 0.2) is 48.7 Å². The average Bonchev–Trinajstić information content (AvgIpc) is 3.27. The second kappa shape index (κ2) is 9.16. The summed E-state index contributed by atoms with van der Waals surface area (Å²) < 4.78 is 58.3. The predicted octanol–water partition coefficient (Wildman–Crippen LogP) is 4.82. The van der Waals surface area contributed by atoms with Gasteiger partial charge in [0.25, 0.3) is 5.91 Å². The molecule has 180 valence electrons. The first-order valence-electron chi connectivity index (χ1n) is 10.3. The second-order valence-electron chi connectivity index (χ2n) is 7.64. The zero-order valence-corrected chi connectivity index (χ0v) is 18.6. The van der Waals surface area contributed by atoms with Gasteiger partial charge in [0.05, 0.1) is 39.3 Å². The van der Waals surface area contributed by atoms with Crippen molar-refractivity contribution in [2.24, 2.45) is 0 Å². The number of alkyl halides is 3. The number of carbonyl (C=O) groups excluding carboxylic acids is 1. The Labute approximate surface area is 193 Å². The fraction of sp³-hybridized carbons (Fsp3) is 0.304. The Kier molecular flexibility index (Phi) is 6.27. The van der Waals surface area contributed by atoms with Gasteiger partial charge in [-0.2, -0.15) is 18.3 Å². The van der Waals surface area contributed by atoms with Crippen LogP contribution in [0.4, 0.5) is 24.7 Å². The largest absolute Gasteiger partial charge is 0.497 e. The van der Waals surface area contributed by atoms with Crippen molar-refractivity contribution in [2.75, 3.05) is 32.0 Å². The topological polar surface area (TPSA) is 86.6 Å². The van der Waals surface area contributed by atoms with E-state index in [2.05, 4.69) is 15.7 Å². The van der Waals surface area contributed by atoms with Crippen LogP contribution in [0.25, 0.3) is 0 Å². The van der Waals surface area contributed by atoms with E-state index in [9.17, 15) is 18.0 Å². The summed E-state index contributed by atoms with van der Waals surface area (Å²) in [6.07, 6.45) is -3.73. The van der Waals surface area contributed by atoms with E-state index in [4.69, 9.17) is 14.2 Å². The van der Waals surface area contributed by atoms with Crippen molar-refractivity contribution in [3.05, 3.63) is 59.8 Å². The third-order valence-electron chi connectivity index (χ3n) is 5.64. The molecule has 3 aromatic rings. The minimum atomic E-state index is -4.56. The Morgan fingerprint density at radius 3 is 2.50 bits per heavy atom. The molecule has 2 atom stereocenters. The first-order valence-corrected chi connectivity index (χ1v) is 10.3. The molecule has 0 radical (unpaired) electrons.